The van der Waals surface area contributed by atoms with Gasteiger partial charge in [0.1, 0.15) is 11.5 Å². The van der Waals surface area contributed by atoms with Crippen LogP contribution in [-0.4, -0.2) is 40.8 Å². The first kappa shape index (κ1) is 23.9. The zero-order valence-corrected chi connectivity index (χ0v) is 19.3. The van der Waals surface area contributed by atoms with Crippen LogP contribution >= 0.6 is 0 Å². The highest BCUT2D eigenvalue weighted by molar-refractivity contribution is 5.71. The van der Waals surface area contributed by atoms with Crippen LogP contribution in [-0.2, 0) is 10.9 Å². The second-order valence-corrected chi connectivity index (χ2v) is 8.46. The summed E-state index contributed by atoms with van der Waals surface area (Å²) in [7, 11) is 0. The summed E-state index contributed by atoms with van der Waals surface area (Å²) in [6, 6.07) is 10.5. The van der Waals surface area contributed by atoms with E-state index < -0.39 is 11.9 Å². The van der Waals surface area contributed by atoms with Crippen molar-refractivity contribution < 1.29 is 17.9 Å². The molecule has 2 aromatic heterocycles. The molecule has 4 rings (SSSR count). The predicted molar refractivity (Wildman–Crippen MR) is 126 cm³/mol. The summed E-state index contributed by atoms with van der Waals surface area (Å²) in [6.07, 6.45) is 1.78. The fourth-order valence-corrected chi connectivity index (χ4v) is 4.04. The van der Waals surface area contributed by atoms with Crippen molar-refractivity contribution in [1.29, 1.82) is 0 Å². The van der Waals surface area contributed by atoms with Crippen molar-refractivity contribution in [2.75, 3.05) is 29.9 Å². The minimum atomic E-state index is -4.53. The lowest BCUT2D eigenvalue weighted by molar-refractivity contribution is -0.141. The van der Waals surface area contributed by atoms with E-state index in [0.29, 0.717) is 5.69 Å². The molecule has 180 valence electrons. The number of pyridine rings is 1. The van der Waals surface area contributed by atoms with Crippen LogP contribution in [0.1, 0.15) is 37.4 Å². The van der Waals surface area contributed by atoms with Gasteiger partial charge in [-0.2, -0.15) is 13.2 Å². The minimum Gasteiger partial charge on any atom is -0.376 e. The molecule has 3 aromatic rings. The molecule has 0 bridgehead atoms. The molecule has 0 aliphatic carbocycles. The maximum Gasteiger partial charge on any atom is 0.433 e. The standard InChI is InChI=1S/C25H28F3N5O/c1-3-11-34-21-5-4-10-33(16-21)23-7-6-18(15-30-23)19-12-17(2)13-20(14-19)31-24-29-9-8-22(32-24)25(26,27)28/h6-9,12-15,21H,3-5,10-11,16H2,1-2H3,(H,29,31,32). The average Bonchev–Trinajstić information content (AvgIpc) is 2.82. The number of ether oxygens (including phenoxy) is 1. The number of anilines is 3. The van der Waals surface area contributed by atoms with Crippen molar-refractivity contribution >= 4 is 17.5 Å². The molecule has 0 saturated carbocycles. The lowest BCUT2D eigenvalue weighted by Gasteiger charge is -2.33. The Balaban J connectivity index is 1.50. The fourth-order valence-electron chi connectivity index (χ4n) is 4.04. The van der Waals surface area contributed by atoms with Gasteiger partial charge in [0, 0.05) is 43.3 Å². The number of hydrogen-bond acceptors (Lipinski definition) is 6. The maximum atomic E-state index is 13.0. The molecule has 1 aliphatic rings. The third-order valence-electron chi connectivity index (χ3n) is 5.62. The summed E-state index contributed by atoms with van der Waals surface area (Å²) in [5.74, 6) is 0.807. The molecular weight excluding hydrogens is 443 g/mol. The van der Waals surface area contributed by atoms with Gasteiger partial charge in [0.15, 0.2) is 0 Å². The van der Waals surface area contributed by atoms with Crippen LogP contribution in [0, 0.1) is 6.92 Å². The van der Waals surface area contributed by atoms with Crippen molar-refractivity contribution in [3.05, 3.63) is 60.0 Å². The molecule has 1 unspecified atom stereocenters. The van der Waals surface area contributed by atoms with Crippen LogP contribution in [0.4, 0.5) is 30.6 Å². The summed E-state index contributed by atoms with van der Waals surface area (Å²) >= 11 is 0. The third kappa shape index (κ3) is 6.02. The van der Waals surface area contributed by atoms with E-state index in [-0.39, 0.29) is 12.1 Å². The van der Waals surface area contributed by atoms with Crippen LogP contribution in [0.5, 0.6) is 0 Å². The highest BCUT2D eigenvalue weighted by Gasteiger charge is 2.32. The van der Waals surface area contributed by atoms with E-state index in [9.17, 15) is 13.2 Å². The first-order valence-corrected chi connectivity index (χ1v) is 11.4. The first-order valence-electron chi connectivity index (χ1n) is 11.4. The molecule has 9 heteroatoms. The van der Waals surface area contributed by atoms with E-state index in [4.69, 9.17) is 4.74 Å². The van der Waals surface area contributed by atoms with Crippen molar-refractivity contribution in [2.24, 2.45) is 0 Å². The van der Waals surface area contributed by atoms with Gasteiger partial charge in [0.25, 0.3) is 0 Å². The zero-order valence-electron chi connectivity index (χ0n) is 19.3. The van der Waals surface area contributed by atoms with Crippen molar-refractivity contribution in [2.45, 2.75) is 45.4 Å². The number of nitrogens with one attached hydrogen (secondary N) is 1. The van der Waals surface area contributed by atoms with E-state index >= 15 is 0 Å². The molecule has 1 N–H and O–H groups in total. The van der Waals surface area contributed by atoms with E-state index in [0.717, 1.165) is 73.7 Å². The van der Waals surface area contributed by atoms with Gasteiger partial charge in [-0.05, 0) is 67.6 Å². The Hall–Kier alpha value is -3.20. The van der Waals surface area contributed by atoms with Gasteiger partial charge in [-0.25, -0.2) is 15.0 Å². The van der Waals surface area contributed by atoms with Crippen LogP contribution < -0.4 is 10.2 Å². The van der Waals surface area contributed by atoms with Gasteiger partial charge in [-0.1, -0.05) is 13.0 Å². The highest BCUT2D eigenvalue weighted by atomic mass is 19.4. The molecule has 1 aromatic carbocycles. The number of aromatic nitrogens is 3. The topological polar surface area (TPSA) is 63.2 Å². The lowest BCUT2D eigenvalue weighted by Crippen LogP contribution is -2.40. The number of nitrogens with zero attached hydrogens (tertiary/aromatic N) is 4. The van der Waals surface area contributed by atoms with Gasteiger partial charge in [-0.15, -0.1) is 0 Å². The number of rotatable bonds is 7. The molecule has 1 fully saturated rings. The van der Waals surface area contributed by atoms with Gasteiger partial charge in [0.2, 0.25) is 5.95 Å². The van der Waals surface area contributed by atoms with Crippen LogP contribution in [0.25, 0.3) is 11.1 Å². The largest absolute Gasteiger partial charge is 0.433 e. The highest BCUT2D eigenvalue weighted by Crippen LogP contribution is 2.30. The Bertz CT molecular complexity index is 1100. The first-order chi connectivity index (χ1) is 16.3. The summed E-state index contributed by atoms with van der Waals surface area (Å²) in [5, 5.41) is 2.89. The Morgan fingerprint density at radius 3 is 2.71 bits per heavy atom. The number of aryl methyl sites for hydroxylation is 1. The number of alkyl halides is 3. The summed E-state index contributed by atoms with van der Waals surface area (Å²) < 4.78 is 44.8. The predicted octanol–water partition coefficient (Wildman–Crippen LogP) is 6.00. The average molecular weight is 472 g/mol. The summed E-state index contributed by atoms with van der Waals surface area (Å²) in [5.41, 5.74) is 2.37. The van der Waals surface area contributed by atoms with Crippen molar-refractivity contribution in [1.82, 2.24) is 15.0 Å². The van der Waals surface area contributed by atoms with E-state index in [1.165, 1.54) is 0 Å². The van der Waals surface area contributed by atoms with Gasteiger partial charge >= 0.3 is 6.18 Å². The Kier molecular flexibility index (Phi) is 7.31. The smallest absolute Gasteiger partial charge is 0.376 e. The molecule has 1 saturated heterocycles. The quantitative estimate of drug-likeness (QED) is 0.456. The molecule has 34 heavy (non-hydrogen) atoms. The lowest BCUT2D eigenvalue weighted by atomic mass is 10.0. The molecule has 1 atom stereocenters. The van der Waals surface area contributed by atoms with E-state index in [2.05, 4.69) is 32.1 Å². The van der Waals surface area contributed by atoms with Gasteiger partial charge in [-0.3, -0.25) is 0 Å². The molecule has 6 nitrogen and oxygen atoms in total. The molecule has 0 radical (unpaired) electrons. The number of hydrogen-bond donors (Lipinski definition) is 1. The van der Waals surface area contributed by atoms with Gasteiger partial charge < -0.3 is 15.0 Å². The van der Waals surface area contributed by atoms with E-state index in [1.807, 2.05) is 43.5 Å². The fraction of sp³-hybridized carbons (Fsp3) is 0.400. The SMILES string of the molecule is CCCOC1CCCN(c2ccc(-c3cc(C)cc(Nc4nccc(C(F)(F)F)n4)c3)cn2)C1. The van der Waals surface area contributed by atoms with Gasteiger partial charge in [0.05, 0.1) is 6.10 Å². The maximum absolute atomic E-state index is 13.0. The van der Waals surface area contributed by atoms with Crippen molar-refractivity contribution in [3.63, 3.8) is 0 Å². The van der Waals surface area contributed by atoms with Crippen LogP contribution in [0.2, 0.25) is 0 Å². The molecular formula is C25H28F3N5O. The number of piperidine rings is 1. The second kappa shape index (κ2) is 10.4. The normalized spacial score (nSPS) is 16.5. The second-order valence-electron chi connectivity index (χ2n) is 8.46. The van der Waals surface area contributed by atoms with Crippen LogP contribution in [0.3, 0.4) is 0 Å². The molecule has 0 spiro atoms. The molecule has 0 amide bonds. The van der Waals surface area contributed by atoms with E-state index in [1.54, 1.807) is 0 Å². The summed E-state index contributed by atoms with van der Waals surface area (Å²) in [6.45, 7) is 6.60. The third-order valence-corrected chi connectivity index (χ3v) is 5.62. The number of halogens is 3. The van der Waals surface area contributed by atoms with Crippen LogP contribution in [0.15, 0.2) is 48.8 Å². The molecule has 1 aliphatic heterocycles. The molecule has 3 heterocycles. The minimum absolute atomic E-state index is 0.107. The summed E-state index contributed by atoms with van der Waals surface area (Å²) in [4.78, 5) is 14.4. The number of benzene rings is 1. The Morgan fingerprint density at radius 1 is 1.12 bits per heavy atom. The zero-order chi connectivity index (χ0) is 24.1. The van der Waals surface area contributed by atoms with Crippen molar-refractivity contribution in [3.8, 4) is 11.1 Å². The Morgan fingerprint density at radius 2 is 1.97 bits per heavy atom. The monoisotopic (exact) mass is 471 g/mol. The Labute approximate surface area is 197 Å².